The quantitative estimate of drug-likeness (QED) is 0.508. The summed E-state index contributed by atoms with van der Waals surface area (Å²) < 4.78 is 14.6. The van der Waals surface area contributed by atoms with E-state index in [1.807, 2.05) is 0 Å². The molecule has 3 aromatic rings. The molecule has 7 nitrogen and oxygen atoms in total. The zero-order valence-corrected chi connectivity index (χ0v) is 18.0. The number of benzene rings is 2. The zero-order valence-electron chi connectivity index (χ0n) is 15.7. The summed E-state index contributed by atoms with van der Waals surface area (Å²) >= 11 is 13.1. The van der Waals surface area contributed by atoms with Gasteiger partial charge in [-0.1, -0.05) is 35.0 Å². The Labute approximate surface area is 186 Å². The number of carbonyl (C=O) groups excluding carboxylic acids is 2. The van der Waals surface area contributed by atoms with Crippen molar-refractivity contribution in [3.05, 3.63) is 64.2 Å². The van der Waals surface area contributed by atoms with Crippen LogP contribution in [-0.4, -0.2) is 32.3 Å². The van der Waals surface area contributed by atoms with E-state index in [2.05, 4.69) is 20.8 Å². The van der Waals surface area contributed by atoms with Crippen LogP contribution in [0.15, 0.2) is 47.6 Å². The molecule has 156 valence electrons. The maximum atomic E-state index is 12.9. The van der Waals surface area contributed by atoms with E-state index < -0.39 is 0 Å². The Balaban J connectivity index is 1.54. The first-order valence-corrected chi connectivity index (χ1v) is 10.4. The van der Waals surface area contributed by atoms with Crippen molar-refractivity contribution in [3.8, 4) is 0 Å². The summed E-state index contributed by atoms with van der Waals surface area (Å²) in [6, 6.07) is 10.2. The molecule has 0 radical (unpaired) electrons. The molecule has 3 rings (SSSR count). The Bertz CT molecular complexity index is 1080. The molecule has 2 N–H and O–H groups in total. The molecule has 1 heterocycles. The summed E-state index contributed by atoms with van der Waals surface area (Å²) in [6.45, 7) is 0. The van der Waals surface area contributed by atoms with Crippen molar-refractivity contribution in [2.24, 2.45) is 7.05 Å². The maximum Gasteiger partial charge on any atom is 0.234 e. The monoisotopic (exact) mass is 467 g/mol. The van der Waals surface area contributed by atoms with E-state index in [0.29, 0.717) is 32.4 Å². The van der Waals surface area contributed by atoms with Crippen LogP contribution in [0.2, 0.25) is 10.0 Å². The lowest BCUT2D eigenvalue weighted by Crippen LogP contribution is -2.17. The van der Waals surface area contributed by atoms with Crippen molar-refractivity contribution in [2.45, 2.75) is 11.6 Å². The highest BCUT2D eigenvalue weighted by Crippen LogP contribution is 2.26. The standard InChI is InChI=1S/C19H16Cl2FN5O2S/c1-27-16(9-17(28)23-13-5-3-12(22)4-6-13)25-26-19(27)30-10-18(29)24-15-8-11(20)2-7-14(15)21/h2-8H,9-10H2,1H3,(H,23,28)(H,24,29). The number of thioether (sulfide) groups is 1. The Morgan fingerprint density at radius 2 is 1.80 bits per heavy atom. The van der Waals surface area contributed by atoms with Gasteiger partial charge in [-0.2, -0.15) is 0 Å². The average Bonchev–Trinajstić information content (AvgIpc) is 3.04. The van der Waals surface area contributed by atoms with E-state index in [-0.39, 0.29) is 29.8 Å². The van der Waals surface area contributed by atoms with Crippen molar-refractivity contribution >= 4 is 58.2 Å². The first-order valence-electron chi connectivity index (χ1n) is 8.63. The van der Waals surface area contributed by atoms with Crippen LogP contribution in [0, 0.1) is 5.82 Å². The molecule has 0 spiro atoms. The molecule has 2 amide bonds. The largest absolute Gasteiger partial charge is 0.326 e. The Morgan fingerprint density at radius 1 is 1.07 bits per heavy atom. The fourth-order valence-corrected chi connectivity index (χ4v) is 3.48. The van der Waals surface area contributed by atoms with Gasteiger partial charge in [0, 0.05) is 17.8 Å². The molecule has 0 fully saturated rings. The third-order valence-electron chi connectivity index (χ3n) is 3.91. The second-order valence-electron chi connectivity index (χ2n) is 6.15. The molecule has 11 heteroatoms. The van der Waals surface area contributed by atoms with Gasteiger partial charge in [0.15, 0.2) is 5.16 Å². The number of halogens is 3. The first kappa shape index (κ1) is 22.1. The number of nitrogens with zero attached hydrogens (tertiary/aromatic N) is 3. The number of nitrogens with one attached hydrogen (secondary N) is 2. The van der Waals surface area contributed by atoms with Crippen LogP contribution < -0.4 is 10.6 Å². The van der Waals surface area contributed by atoms with E-state index in [9.17, 15) is 14.0 Å². The highest BCUT2D eigenvalue weighted by molar-refractivity contribution is 7.99. The predicted molar refractivity (Wildman–Crippen MR) is 116 cm³/mol. The lowest BCUT2D eigenvalue weighted by Gasteiger charge is -2.08. The average molecular weight is 468 g/mol. The number of anilines is 2. The van der Waals surface area contributed by atoms with Gasteiger partial charge in [0.05, 0.1) is 22.9 Å². The molecule has 0 aliphatic carbocycles. The van der Waals surface area contributed by atoms with E-state index in [4.69, 9.17) is 23.2 Å². The molecule has 2 aromatic carbocycles. The minimum atomic E-state index is -0.385. The summed E-state index contributed by atoms with van der Waals surface area (Å²) in [6.07, 6.45) is -0.0221. The second-order valence-corrected chi connectivity index (χ2v) is 7.94. The lowest BCUT2D eigenvalue weighted by atomic mass is 10.3. The number of rotatable bonds is 7. The number of hydrogen-bond acceptors (Lipinski definition) is 5. The third-order valence-corrected chi connectivity index (χ3v) is 5.49. The molecule has 0 atom stereocenters. The number of hydrogen-bond donors (Lipinski definition) is 2. The maximum absolute atomic E-state index is 12.9. The molecular formula is C19H16Cl2FN5O2S. The fraction of sp³-hybridized carbons (Fsp3) is 0.158. The molecule has 0 aliphatic heterocycles. The Hall–Kier alpha value is -2.62. The van der Waals surface area contributed by atoms with Crippen molar-refractivity contribution < 1.29 is 14.0 Å². The summed E-state index contributed by atoms with van der Waals surface area (Å²) in [5.74, 6) is -0.499. The SMILES string of the molecule is Cn1c(CC(=O)Nc2ccc(F)cc2)nnc1SCC(=O)Nc1cc(Cl)ccc1Cl. The Kier molecular flexibility index (Phi) is 7.30. The van der Waals surface area contributed by atoms with Gasteiger partial charge in [0.25, 0.3) is 0 Å². The molecular weight excluding hydrogens is 452 g/mol. The second kappa shape index (κ2) is 9.92. The van der Waals surface area contributed by atoms with Gasteiger partial charge in [-0.15, -0.1) is 10.2 Å². The molecule has 30 heavy (non-hydrogen) atoms. The normalized spacial score (nSPS) is 10.7. The van der Waals surface area contributed by atoms with Gasteiger partial charge < -0.3 is 15.2 Å². The van der Waals surface area contributed by atoms with Crippen LogP contribution in [0.1, 0.15) is 5.82 Å². The molecule has 0 aliphatic rings. The summed E-state index contributed by atoms with van der Waals surface area (Å²) in [4.78, 5) is 24.4. The minimum Gasteiger partial charge on any atom is -0.326 e. The van der Waals surface area contributed by atoms with E-state index in [0.717, 1.165) is 0 Å². The molecule has 0 unspecified atom stereocenters. The van der Waals surface area contributed by atoms with Crippen LogP contribution >= 0.6 is 35.0 Å². The highest BCUT2D eigenvalue weighted by Gasteiger charge is 2.15. The van der Waals surface area contributed by atoms with Gasteiger partial charge >= 0.3 is 0 Å². The first-order chi connectivity index (χ1) is 14.3. The van der Waals surface area contributed by atoms with Gasteiger partial charge in [-0.3, -0.25) is 9.59 Å². The number of carbonyl (C=O) groups is 2. The fourth-order valence-electron chi connectivity index (χ4n) is 2.42. The van der Waals surface area contributed by atoms with Crippen LogP contribution in [0.3, 0.4) is 0 Å². The summed E-state index contributed by atoms with van der Waals surface area (Å²) in [5, 5.41) is 14.7. The summed E-state index contributed by atoms with van der Waals surface area (Å²) in [5.41, 5.74) is 0.903. The molecule has 1 aromatic heterocycles. The van der Waals surface area contributed by atoms with Gasteiger partial charge in [-0.25, -0.2) is 4.39 Å². The molecule has 0 saturated heterocycles. The van der Waals surface area contributed by atoms with Crippen LogP contribution in [0.4, 0.5) is 15.8 Å². The van der Waals surface area contributed by atoms with Crippen LogP contribution in [0.5, 0.6) is 0 Å². The predicted octanol–water partition coefficient (Wildman–Crippen LogP) is 4.17. The van der Waals surface area contributed by atoms with Crippen molar-refractivity contribution in [3.63, 3.8) is 0 Å². The van der Waals surface area contributed by atoms with Gasteiger partial charge in [0.1, 0.15) is 11.6 Å². The van der Waals surface area contributed by atoms with Crippen LogP contribution in [-0.2, 0) is 23.1 Å². The minimum absolute atomic E-state index is 0.0221. The third kappa shape index (κ3) is 5.94. The van der Waals surface area contributed by atoms with Crippen LogP contribution in [0.25, 0.3) is 0 Å². The van der Waals surface area contributed by atoms with Crippen molar-refractivity contribution in [1.29, 1.82) is 0 Å². The topological polar surface area (TPSA) is 88.9 Å². The van der Waals surface area contributed by atoms with Gasteiger partial charge in [0.2, 0.25) is 11.8 Å². The smallest absolute Gasteiger partial charge is 0.234 e. The van der Waals surface area contributed by atoms with E-state index in [1.165, 1.54) is 36.0 Å². The van der Waals surface area contributed by atoms with Gasteiger partial charge in [-0.05, 0) is 42.5 Å². The zero-order chi connectivity index (χ0) is 21.7. The van der Waals surface area contributed by atoms with Crippen molar-refractivity contribution in [2.75, 3.05) is 16.4 Å². The van der Waals surface area contributed by atoms with Crippen molar-refractivity contribution in [1.82, 2.24) is 14.8 Å². The van der Waals surface area contributed by atoms with E-state index in [1.54, 1.807) is 29.8 Å². The molecule has 0 saturated carbocycles. The summed E-state index contributed by atoms with van der Waals surface area (Å²) in [7, 11) is 1.70. The number of aromatic nitrogens is 3. The molecule has 0 bridgehead atoms. The van der Waals surface area contributed by atoms with E-state index >= 15 is 0 Å². The highest BCUT2D eigenvalue weighted by atomic mass is 35.5. The Morgan fingerprint density at radius 3 is 2.53 bits per heavy atom. The number of amides is 2. The lowest BCUT2D eigenvalue weighted by molar-refractivity contribution is -0.116.